The smallest absolute Gasteiger partial charge is 0.242 e. The van der Waals surface area contributed by atoms with Gasteiger partial charge in [-0.3, -0.25) is 4.79 Å². The van der Waals surface area contributed by atoms with E-state index < -0.39 is 0 Å². The highest BCUT2D eigenvalue weighted by Gasteiger charge is 2.27. The van der Waals surface area contributed by atoms with Gasteiger partial charge < -0.3 is 15.1 Å². The standard InChI is InChI=1S/C17H25N3O/c1-2-18-15-9-12-20(16-8-4-3-7-14(15)16)13-17(21)19-10-5-6-11-19/h3-4,7-8,15,18H,2,5-6,9-13H2,1H3. The van der Waals surface area contributed by atoms with Crippen LogP contribution in [0.15, 0.2) is 24.3 Å². The zero-order valence-corrected chi connectivity index (χ0v) is 12.8. The van der Waals surface area contributed by atoms with Crippen molar-refractivity contribution in [3.63, 3.8) is 0 Å². The summed E-state index contributed by atoms with van der Waals surface area (Å²) in [7, 11) is 0. The van der Waals surface area contributed by atoms with Gasteiger partial charge in [-0.25, -0.2) is 0 Å². The summed E-state index contributed by atoms with van der Waals surface area (Å²) in [4.78, 5) is 16.7. The number of nitrogens with zero attached hydrogens (tertiary/aromatic N) is 2. The normalized spacial score (nSPS) is 21.5. The number of fused-ring (bicyclic) bond motifs is 1. The molecule has 1 amide bonds. The number of nitrogens with one attached hydrogen (secondary N) is 1. The number of hydrogen-bond donors (Lipinski definition) is 1. The lowest BCUT2D eigenvalue weighted by atomic mass is 9.96. The predicted molar refractivity (Wildman–Crippen MR) is 85.5 cm³/mol. The largest absolute Gasteiger partial charge is 0.362 e. The molecule has 2 heterocycles. The highest BCUT2D eigenvalue weighted by Crippen LogP contribution is 2.33. The van der Waals surface area contributed by atoms with Gasteiger partial charge in [0.15, 0.2) is 0 Å². The second kappa shape index (κ2) is 6.48. The van der Waals surface area contributed by atoms with Crippen LogP contribution in [0.5, 0.6) is 0 Å². The van der Waals surface area contributed by atoms with Crippen molar-refractivity contribution in [3.05, 3.63) is 29.8 Å². The predicted octanol–water partition coefficient (Wildman–Crippen LogP) is 2.17. The third kappa shape index (κ3) is 3.05. The van der Waals surface area contributed by atoms with Crippen LogP contribution in [0.1, 0.15) is 37.8 Å². The summed E-state index contributed by atoms with van der Waals surface area (Å²) >= 11 is 0. The average molecular weight is 287 g/mol. The first-order valence-electron chi connectivity index (χ1n) is 8.14. The highest BCUT2D eigenvalue weighted by molar-refractivity contribution is 5.82. The van der Waals surface area contributed by atoms with Crippen LogP contribution in [0.2, 0.25) is 0 Å². The van der Waals surface area contributed by atoms with Crippen LogP contribution < -0.4 is 10.2 Å². The van der Waals surface area contributed by atoms with E-state index in [-0.39, 0.29) is 5.91 Å². The van der Waals surface area contributed by atoms with E-state index in [9.17, 15) is 4.79 Å². The number of anilines is 1. The van der Waals surface area contributed by atoms with E-state index >= 15 is 0 Å². The first-order valence-corrected chi connectivity index (χ1v) is 8.14. The summed E-state index contributed by atoms with van der Waals surface area (Å²) in [6.45, 7) is 6.48. The third-order valence-electron chi connectivity index (χ3n) is 4.58. The summed E-state index contributed by atoms with van der Waals surface area (Å²) in [5.74, 6) is 0.282. The molecule has 4 heteroatoms. The molecule has 1 atom stereocenters. The molecule has 0 saturated carbocycles. The van der Waals surface area contributed by atoms with Gasteiger partial charge in [0.05, 0.1) is 6.54 Å². The van der Waals surface area contributed by atoms with Crippen molar-refractivity contribution in [1.29, 1.82) is 0 Å². The maximum atomic E-state index is 12.4. The molecule has 0 bridgehead atoms. The Hall–Kier alpha value is -1.55. The Kier molecular flexibility index (Phi) is 4.44. The summed E-state index contributed by atoms with van der Waals surface area (Å²) in [6, 6.07) is 8.92. The van der Waals surface area contributed by atoms with Crippen LogP contribution in [-0.2, 0) is 4.79 Å². The minimum Gasteiger partial charge on any atom is -0.362 e. The molecule has 1 saturated heterocycles. The molecule has 1 aromatic carbocycles. The molecule has 114 valence electrons. The monoisotopic (exact) mass is 287 g/mol. The fourth-order valence-corrected chi connectivity index (χ4v) is 3.48. The van der Waals surface area contributed by atoms with Gasteiger partial charge in [0.2, 0.25) is 5.91 Å². The Balaban J connectivity index is 1.74. The molecule has 2 aliphatic heterocycles. The minimum absolute atomic E-state index is 0.282. The summed E-state index contributed by atoms with van der Waals surface area (Å²) in [5.41, 5.74) is 2.56. The van der Waals surface area contributed by atoms with Crippen molar-refractivity contribution >= 4 is 11.6 Å². The molecule has 4 nitrogen and oxygen atoms in total. The second-order valence-electron chi connectivity index (χ2n) is 5.97. The number of carbonyl (C=O) groups is 1. The Labute approximate surface area is 127 Å². The molecular weight excluding hydrogens is 262 g/mol. The SMILES string of the molecule is CCNC1CCN(CC(=O)N2CCCC2)c2ccccc21. The van der Waals surface area contributed by atoms with Crippen molar-refractivity contribution in [2.24, 2.45) is 0 Å². The van der Waals surface area contributed by atoms with Crippen LogP contribution in [0.4, 0.5) is 5.69 Å². The lowest BCUT2D eigenvalue weighted by molar-refractivity contribution is -0.128. The molecule has 1 unspecified atom stereocenters. The van der Waals surface area contributed by atoms with Crippen LogP contribution in [-0.4, -0.2) is 43.5 Å². The van der Waals surface area contributed by atoms with E-state index in [0.717, 1.165) is 45.4 Å². The van der Waals surface area contributed by atoms with Gasteiger partial charge in [0, 0.05) is 31.4 Å². The Morgan fingerprint density at radius 3 is 2.76 bits per heavy atom. The van der Waals surface area contributed by atoms with Gasteiger partial charge in [0.1, 0.15) is 0 Å². The number of hydrogen-bond acceptors (Lipinski definition) is 3. The fourth-order valence-electron chi connectivity index (χ4n) is 3.48. The van der Waals surface area contributed by atoms with Crippen LogP contribution in [0.25, 0.3) is 0 Å². The van der Waals surface area contributed by atoms with E-state index in [1.807, 2.05) is 4.90 Å². The van der Waals surface area contributed by atoms with Gasteiger partial charge in [-0.1, -0.05) is 25.1 Å². The first-order chi connectivity index (χ1) is 10.3. The maximum Gasteiger partial charge on any atom is 0.242 e. The lowest BCUT2D eigenvalue weighted by Crippen LogP contribution is -2.43. The molecule has 21 heavy (non-hydrogen) atoms. The zero-order chi connectivity index (χ0) is 14.7. The minimum atomic E-state index is 0.282. The van der Waals surface area contributed by atoms with Crippen LogP contribution >= 0.6 is 0 Å². The number of benzene rings is 1. The van der Waals surface area contributed by atoms with Gasteiger partial charge in [-0.05, 0) is 37.4 Å². The van der Waals surface area contributed by atoms with Crippen molar-refractivity contribution in [1.82, 2.24) is 10.2 Å². The molecule has 1 aromatic rings. The molecule has 0 spiro atoms. The van der Waals surface area contributed by atoms with Gasteiger partial charge in [-0.15, -0.1) is 0 Å². The Bertz CT molecular complexity index is 497. The molecule has 0 aliphatic carbocycles. The van der Waals surface area contributed by atoms with E-state index in [1.54, 1.807) is 0 Å². The molecule has 2 aliphatic rings. The summed E-state index contributed by atoms with van der Waals surface area (Å²) < 4.78 is 0. The lowest BCUT2D eigenvalue weighted by Gasteiger charge is -2.36. The molecule has 0 aromatic heterocycles. The average Bonchev–Trinajstić information content (AvgIpc) is 3.04. The Morgan fingerprint density at radius 2 is 2.00 bits per heavy atom. The van der Waals surface area contributed by atoms with Crippen LogP contribution in [0.3, 0.4) is 0 Å². The van der Waals surface area contributed by atoms with Crippen LogP contribution in [0, 0.1) is 0 Å². The van der Waals surface area contributed by atoms with Gasteiger partial charge in [0.25, 0.3) is 0 Å². The van der Waals surface area contributed by atoms with Crippen molar-refractivity contribution in [2.75, 3.05) is 37.6 Å². The number of para-hydroxylation sites is 1. The quantitative estimate of drug-likeness (QED) is 0.922. The summed E-state index contributed by atoms with van der Waals surface area (Å²) in [6.07, 6.45) is 3.38. The van der Waals surface area contributed by atoms with Gasteiger partial charge >= 0.3 is 0 Å². The van der Waals surface area contributed by atoms with Gasteiger partial charge in [-0.2, -0.15) is 0 Å². The molecule has 1 fully saturated rings. The summed E-state index contributed by atoms with van der Waals surface area (Å²) in [5, 5.41) is 3.55. The van der Waals surface area contributed by atoms with Crippen molar-refractivity contribution in [3.8, 4) is 0 Å². The molecular formula is C17H25N3O. The highest BCUT2D eigenvalue weighted by atomic mass is 16.2. The number of carbonyl (C=O) groups excluding carboxylic acids is 1. The fraction of sp³-hybridized carbons (Fsp3) is 0.588. The zero-order valence-electron chi connectivity index (χ0n) is 12.8. The number of likely N-dealkylation sites (tertiary alicyclic amines) is 1. The van der Waals surface area contributed by atoms with E-state index in [2.05, 4.69) is 41.4 Å². The van der Waals surface area contributed by atoms with E-state index in [4.69, 9.17) is 0 Å². The van der Waals surface area contributed by atoms with E-state index in [0.29, 0.717) is 12.6 Å². The molecule has 3 rings (SSSR count). The van der Waals surface area contributed by atoms with E-state index in [1.165, 1.54) is 11.3 Å². The Morgan fingerprint density at radius 1 is 1.24 bits per heavy atom. The topological polar surface area (TPSA) is 35.6 Å². The van der Waals surface area contributed by atoms with Crippen molar-refractivity contribution in [2.45, 2.75) is 32.2 Å². The molecule has 1 N–H and O–H groups in total. The number of rotatable bonds is 4. The third-order valence-corrected chi connectivity index (χ3v) is 4.58. The maximum absolute atomic E-state index is 12.4. The van der Waals surface area contributed by atoms with Crippen molar-refractivity contribution < 1.29 is 4.79 Å². The first kappa shape index (κ1) is 14.4. The second-order valence-corrected chi connectivity index (χ2v) is 5.97. The molecule has 0 radical (unpaired) electrons. The number of amides is 1.